The number of hydrogen-bond acceptors (Lipinski definition) is 7. The van der Waals surface area contributed by atoms with E-state index in [1.54, 1.807) is 13.8 Å². The summed E-state index contributed by atoms with van der Waals surface area (Å²) in [6.07, 6.45) is 0. The highest BCUT2D eigenvalue weighted by Crippen LogP contribution is 2.46. The second-order valence-electron chi connectivity index (χ2n) is 4.44. The zero-order valence-corrected chi connectivity index (χ0v) is 13.1. The maximum absolute atomic E-state index is 12.0. The summed E-state index contributed by atoms with van der Waals surface area (Å²) in [7, 11) is 2.54. The molecule has 0 fully saturated rings. The first-order valence-corrected chi connectivity index (χ1v) is 7.60. The van der Waals surface area contributed by atoms with E-state index in [-0.39, 0.29) is 27.0 Å². The summed E-state index contributed by atoms with van der Waals surface area (Å²) in [5.41, 5.74) is 0.571. The highest BCUT2D eigenvalue weighted by molar-refractivity contribution is 7.27. The second-order valence-corrected chi connectivity index (χ2v) is 6.72. The van der Waals surface area contributed by atoms with Crippen LogP contribution < -0.4 is 4.06 Å². The first-order chi connectivity index (χ1) is 9.42. The van der Waals surface area contributed by atoms with Gasteiger partial charge in [-0.15, -0.1) is 0 Å². The molecule has 7 heteroatoms. The molecule has 0 aromatic carbocycles. The molecule has 0 saturated carbocycles. The Kier molecular flexibility index (Phi) is 4.10. The number of esters is 2. The third-order valence-corrected chi connectivity index (χ3v) is 5.93. The summed E-state index contributed by atoms with van der Waals surface area (Å²) < 4.78 is 9.52. The monoisotopic (exact) mass is 314 g/mol. The summed E-state index contributed by atoms with van der Waals surface area (Å²) in [4.78, 5) is 37.3. The summed E-state index contributed by atoms with van der Waals surface area (Å²) in [6.45, 7) is 3.59. The molecule has 1 aliphatic rings. The Morgan fingerprint density at radius 3 is 1.55 bits per heavy atom. The Morgan fingerprint density at radius 1 is 0.900 bits per heavy atom. The van der Waals surface area contributed by atoms with Gasteiger partial charge in [-0.2, -0.15) is 0 Å². The number of hydrogen-bond donors (Lipinski definition) is 0. The van der Waals surface area contributed by atoms with Crippen LogP contribution in [0.15, 0.2) is 15.9 Å². The molecule has 1 aromatic heterocycles. The Hall–Kier alpha value is -1.47. The fourth-order valence-electron chi connectivity index (χ4n) is 2.43. The largest absolute Gasteiger partial charge is 0.466 e. The molecule has 5 nitrogen and oxygen atoms in total. The lowest BCUT2D eigenvalue weighted by Gasteiger charge is -2.27. The van der Waals surface area contributed by atoms with Crippen molar-refractivity contribution in [1.29, 1.82) is 0 Å². The van der Waals surface area contributed by atoms with Crippen LogP contribution >= 0.6 is 22.7 Å². The Labute approximate surface area is 123 Å². The van der Waals surface area contributed by atoms with Crippen LogP contribution in [0.3, 0.4) is 0 Å². The lowest BCUT2D eigenvalue weighted by atomic mass is 9.81. The Balaban J connectivity index is 2.69. The average molecular weight is 314 g/mol. The molecule has 108 valence electrons. The third-order valence-electron chi connectivity index (χ3n) is 3.38. The van der Waals surface area contributed by atoms with Crippen LogP contribution in [0.2, 0.25) is 0 Å². The van der Waals surface area contributed by atoms with E-state index in [9.17, 15) is 14.4 Å². The smallest absolute Gasteiger partial charge is 0.334 e. The third kappa shape index (κ3) is 2.20. The second kappa shape index (κ2) is 5.49. The van der Waals surface area contributed by atoms with Crippen LogP contribution in [0.4, 0.5) is 0 Å². The van der Waals surface area contributed by atoms with Crippen LogP contribution in [-0.4, -0.2) is 26.2 Å². The fourth-order valence-corrected chi connectivity index (χ4v) is 4.89. The number of carbonyl (C=O) groups is 2. The van der Waals surface area contributed by atoms with Crippen molar-refractivity contribution in [2.24, 2.45) is 0 Å². The molecule has 0 unspecified atom stereocenters. The van der Waals surface area contributed by atoms with E-state index in [0.717, 1.165) is 32.4 Å². The molecule has 1 aromatic rings. The fraction of sp³-hybridized carbons (Fsp3) is 0.462. The van der Waals surface area contributed by atoms with Crippen LogP contribution in [0.25, 0.3) is 0 Å². The van der Waals surface area contributed by atoms with Gasteiger partial charge < -0.3 is 9.47 Å². The van der Waals surface area contributed by atoms with Gasteiger partial charge in [0, 0.05) is 21.6 Å². The summed E-state index contributed by atoms with van der Waals surface area (Å²) >= 11 is 2.25. The molecule has 0 saturated heterocycles. The van der Waals surface area contributed by atoms with Crippen molar-refractivity contribution in [2.45, 2.75) is 25.7 Å². The maximum Gasteiger partial charge on any atom is 0.334 e. The van der Waals surface area contributed by atoms with Gasteiger partial charge in [0.15, 0.2) is 0 Å². The van der Waals surface area contributed by atoms with Crippen molar-refractivity contribution >= 4 is 34.6 Å². The molecule has 0 spiro atoms. The molecule has 2 rings (SSSR count). The van der Waals surface area contributed by atoms with E-state index in [1.165, 1.54) is 14.2 Å². The van der Waals surface area contributed by atoms with Gasteiger partial charge in [-0.25, -0.2) is 9.59 Å². The van der Waals surface area contributed by atoms with Gasteiger partial charge in [0.25, 0.3) is 4.06 Å². The molecule has 0 bridgehead atoms. The molecule has 0 amide bonds. The van der Waals surface area contributed by atoms with Crippen molar-refractivity contribution in [3.05, 3.63) is 29.8 Å². The van der Waals surface area contributed by atoms with E-state index in [1.807, 2.05) is 0 Å². The van der Waals surface area contributed by atoms with Crippen LogP contribution in [-0.2, 0) is 19.1 Å². The van der Waals surface area contributed by atoms with Crippen LogP contribution in [0.1, 0.15) is 35.4 Å². The SMILES string of the molecule is COC(=O)C1=C(C(=O)OC)[C@H](C)c2sc(=O)sc2[C@@H]1C. The first kappa shape index (κ1) is 14.9. The van der Waals surface area contributed by atoms with E-state index in [2.05, 4.69) is 0 Å². The topological polar surface area (TPSA) is 69.7 Å². The van der Waals surface area contributed by atoms with Crippen molar-refractivity contribution in [3.63, 3.8) is 0 Å². The quantitative estimate of drug-likeness (QED) is 0.781. The van der Waals surface area contributed by atoms with E-state index in [4.69, 9.17) is 9.47 Å². The maximum atomic E-state index is 12.0. The summed E-state index contributed by atoms with van der Waals surface area (Å²) in [5.74, 6) is -1.79. The van der Waals surface area contributed by atoms with Crippen molar-refractivity contribution in [3.8, 4) is 0 Å². The summed E-state index contributed by atoms with van der Waals surface area (Å²) in [5, 5.41) is 0. The normalized spacial score (nSPS) is 21.4. The average Bonchev–Trinajstić information content (AvgIpc) is 2.83. The molecule has 0 radical (unpaired) electrons. The minimum Gasteiger partial charge on any atom is -0.466 e. The van der Waals surface area contributed by atoms with Crippen LogP contribution in [0, 0.1) is 0 Å². The molecule has 0 aliphatic heterocycles. The number of fused-ring (bicyclic) bond motifs is 1. The zero-order chi connectivity index (χ0) is 15.0. The number of ether oxygens (including phenoxy) is 2. The number of rotatable bonds is 2. The molecule has 1 heterocycles. The van der Waals surface area contributed by atoms with Gasteiger partial charge in [-0.05, 0) is 0 Å². The van der Waals surface area contributed by atoms with Gasteiger partial charge >= 0.3 is 11.9 Å². The van der Waals surface area contributed by atoms with E-state index in [0.29, 0.717) is 0 Å². The summed E-state index contributed by atoms with van der Waals surface area (Å²) in [6, 6.07) is 0. The number of methoxy groups -OCH3 is 2. The van der Waals surface area contributed by atoms with E-state index >= 15 is 0 Å². The van der Waals surface area contributed by atoms with Crippen molar-refractivity contribution < 1.29 is 19.1 Å². The van der Waals surface area contributed by atoms with Gasteiger partial charge in [0.2, 0.25) is 0 Å². The standard InChI is InChI=1S/C13H14O5S2/c1-5-7(11(14)17-3)8(12(15)18-4)6(2)10-9(5)19-13(16)20-10/h5-6H,1-4H3/t5-,6+. The van der Waals surface area contributed by atoms with Gasteiger partial charge in [0.05, 0.1) is 25.4 Å². The lowest BCUT2D eigenvalue weighted by Crippen LogP contribution is -2.25. The highest BCUT2D eigenvalue weighted by atomic mass is 32.2. The minimum absolute atomic E-state index is 0.0379. The molecule has 2 atom stereocenters. The highest BCUT2D eigenvalue weighted by Gasteiger charge is 2.39. The van der Waals surface area contributed by atoms with Crippen molar-refractivity contribution in [1.82, 2.24) is 0 Å². The first-order valence-electron chi connectivity index (χ1n) is 5.96. The number of carbonyl (C=O) groups excluding carboxylic acids is 2. The van der Waals surface area contributed by atoms with Gasteiger partial charge in [-0.3, -0.25) is 4.79 Å². The minimum atomic E-state index is -0.554. The zero-order valence-electron chi connectivity index (χ0n) is 11.5. The molecule has 20 heavy (non-hydrogen) atoms. The predicted octanol–water partition coefficient (Wildman–Crippen LogP) is 2.03. The Morgan fingerprint density at radius 2 is 1.25 bits per heavy atom. The van der Waals surface area contributed by atoms with Crippen LogP contribution in [0.5, 0.6) is 0 Å². The van der Waals surface area contributed by atoms with Gasteiger partial charge in [0.1, 0.15) is 0 Å². The van der Waals surface area contributed by atoms with Crippen molar-refractivity contribution in [2.75, 3.05) is 14.2 Å². The molecule has 1 aliphatic carbocycles. The molecule has 0 N–H and O–H groups in total. The molecular weight excluding hydrogens is 300 g/mol. The Bertz CT molecular complexity index is 599. The predicted molar refractivity (Wildman–Crippen MR) is 76.4 cm³/mol. The van der Waals surface area contributed by atoms with Gasteiger partial charge in [-0.1, -0.05) is 36.5 Å². The lowest BCUT2D eigenvalue weighted by molar-refractivity contribution is -0.139. The molecular formula is C13H14O5S2. The van der Waals surface area contributed by atoms with E-state index < -0.39 is 11.9 Å².